The Kier molecular flexibility index (Phi) is 3.96. The number of ether oxygens (including phenoxy) is 1. The molecule has 2 rings (SSSR count). The van der Waals surface area contributed by atoms with Crippen molar-refractivity contribution in [3.05, 3.63) is 45.4 Å². The van der Waals surface area contributed by atoms with Gasteiger partial charge in [0.1, 0.15) is 28.3 Å². The maximum atomic E-state index is 8.85. The minimum Gasteiger partial charge on any atom is -0.486 e. The van der Waals surface area contributed by atoms with Crippen LogP contribution < -0.4 is 4.74 Å². The van der Waals surface area contributed by atoms with Gasteiger partial charge in [-0.1, -0.05) is 19.1 Å². The first-order chi connectivity index (χ1) is 8.72. The number of nitrogens with zero attached hydrogens (tertiary/aromatic N) is 2. The summed E-state index contributed by atoms with van der Waals surface area (Å²) in [6, 6.07) is 10.2. The maximum absolute atomic E-state index is 8.85. The van der Waals surface area contributed by atoms with Crippen molar-refractivity contribution in [3.8, 4) is 11.8 Å². The van der Waals surface area contributed by atoms with Crippen molar-refractivity contribution in [2.45, 2.75) is 26.9 Å². The normalized spacial score (nSPS) is 10.1. The van der Waals surface area contributed by atoms with Crippen LogP contribution in [-0.4, -0.2) is 4.98 Å². The first-order valence-corrected chi connectivity index (χ1v) is 6.62. The molecule has 4 heteroatoms. The second-order valence-corrected chi connectivity index (χ2v) is 5.00. The fourth-order valence-electron chi connectivity index (χ4n) is 1.58. The zero-order valence-corrected chi connectivity index (χ0v) is 11.3. The fourth-order valence-corrected chi connectivity index (χ4v) is 2.36. The summed E-state index contributed by atoms with van der Waals surface area (Å²) in [5, 5.41) is 9.69. The molecule has 0 aliphatic carbocycles. The highest BCUT2D eigenvalue weighted by molar-refractivity contribution is 7.12. The highest BCUT2D eigenvalue weighted by atomic mass is 32.1. The van der Waals surface area contributed by atoms with E-state index in [2.05, 4.69) is 30.1 Å². The van der Waals surface area contributed by atoms with Crippen molar-refractivity contribution >= 4 is 11.3 Å². The van der Waals surface area contributed by atoms with Crippen LogP contribution >= 0.6 is 11.3 Å². The summed E-state index contributed by atoms with van der Waals surface area (Å²) in [4.78, 5) is 4.96. The van der Waals surface area contributed by atoms with Crippen molar-refractivity contribution in [1.82, 2.24) is 4.98 Å². The van der Waals surface area contributed by atoms with Gasteiger partial charge in [0.15, 0.2) is 0 Å². The van der Waals surface area contributed by atoms with Gasteiger partial charge in [-0.05, 0) is 31.0 Å². The summed E-state index contributed by atoms with van der Waals surface area (Å²) in [6.45, 7) is 4.38. The van der Waals surface area contributed by atoms with Gasteiger partial charge in [0.25, 0.3) is 0 Å². The lowest BCUT2D eigenvalue weighted by atomic mass is 10.2. The number of aryl methyl sites for hydroxylation is 2. The lowest BCUT2D eigenvalue weighted by Gasteiger charge is -2.04. The maximum Gasteiger partial charge on any atom is 0.140 e. The Bertz CT molecular complexity index is 566. The van der Waals surface area contributed by atoms with Crippen LogP contribution in [0.2, 0.25) is 0 Å². The predicted molar refractivity (Wildman–Crippen MR) is 71.7 cm³/mol. The number of hydrogen-bond donors (Lipinski definition) is 0. The molecule has 0 aliphatic heterocycles. The average molecular weight is 258 g/mol. The minimum atomic E-state index is 0.415. The van der Waals surface area contributed by atoms with E-state index in [1.165, 1.54) is 16.9 Å². The molecule has 1 heterocycles. The van der Waals surface area contributed by atoms with Crippen LogP contribution in [-0.2, 0) is 13.0 Å². The highest BCUT2D eigenvalue weighted by Gasteiger charge is 2.07. The smallest absolute Gasteiger partial charge is 0.140 e. The second-order valence-electron chi connectivity index (χ2n) is 3.92. The van der Waals surface area contributed by atoms with Gasteiger partial charge in [0.05, 0.1) is 5.69 Å². The van der Waals surface area contributed by atoms with Gasteiger partial charge in [-0.25, -0.2) is 4.98 Å². The topological polar surface area (TPSA) is 45.9 Å². The molecule has 2 aromatic rings. The van der Waals surface area contributed by atoms with Gasteiger partial charge in [0, 0.05) is 0 Å². The van der Waals surface area contributed by atoms with Gasteiger partial charge < -0.3 is 4.74 Å². The van der Waals surface area contributed by atoms with Crippen molar-refractivity contribution in [2.24, 2.45) is 0 Å². The zero-order chi connectivity index (χ0) is 13.0. The largest absolute Gasteiger partial charge is 0.486 e. The molecule has 0 amide bonds. The van der Waals surface area contributed by atoms with Crippen LogP contribution in [0.4, 0.5) is 0 Å². The molecule has 18 heavy (non-hydrogen) atoms. The second kappa shape index (κ2) is 5.65. The van der Waals surface area contributed by atoms with Gasteiger partial charge in [-0.15, -0.1) is 11.3 Å². The molecule has 0 unspecified atom stereocenters. The third kappa shape index (κ3) is 2.88. The Morgan fingerprint density at radius 3 is 2.61 bits per heavy atom. The first kappa shape index (κ1) is 12.6. The lowest BCUT2D eigenvalue weighted by Crippen LogP contribution is -1.94. The van der Waals surface area contributed by atoms with E-state index in [9.17, 15) is 0 Å². The zero-order valence-electron chi connectivity index (χ0n) is 10.4. The monoisotopic (exact) mass is 258 g/mol. The van der Waals surface area contributed by atoms with Gasteiger partial charge in [-0.3, -0.25) is 0 Å². The molecule has 3 nitrogen and oxygen atoms in total. The van der Waals surface area contributed by atoms with Crippen LogP contribution in [0.1, 0.15) is 28.1 Å². The molecule has 0 saturated heterocycles. The molecule has 0 atom stereocenters. The number of benzene rings is 1. The van der Waals surface area contributed by atoms with Crippen LogP contribution in [0.15, 0.2) is 24.3 Å². The molecule has 0 spiro atoms. The Balaban J connectivity index is 2.00. The molecule has 1 aromatic carbocycles. The Hall–Kier alpha value is -1.86. The molecule has 0 radical (unpaired) electrons. The van der Waals surface area contributed by atoms with Crippen molar-refractivity contribution in [2.75, 3.05) is 0 Å². The fraction of sp³-hybridized carbons (Fsp3) is 0.286. The van der Waals surface area contributed by atoms with Crippen LogP contribution in [0, 0.1) is 18.3 Å². The Morgan fingerprint density at radius 2 is 2.06 bits per heavy atom. The lowest BCUT2D eigenvalue weighted by molar-refractivity contribution is 0.305. The molecule has 0 saturated carbocycles. The van der Waals surface area contributed by atoms with Gasteiger partial charge in [-0.2, -0.15) is 5.26 Å². The van der Waals surface area contributed by atoms with Gasteiger partial charge >= 0.3 is 0 Å². The van der Waals surface area contributed by atoms with Crippen LogP contribution in [0.3, 0.4) is 0 Å². The van der Waals surface area contributed by atoms with Crippen LogP contribution in [0.25, 0.3) is 0 Å². The molecule has 0 bridgehead atoms. The van der Waals surface area contributed by atoms with E-state index in [0.29, 0.717) is 11.5 Å². The summed E-state index contributed by atoms with van der Waals surface area (Å²) in [5.41, 5.74) is 2.07. The number of rotatable bonds is 4. The Labute approximate surface area is 111 Å². The quantitative estimate of drug-likeness (QED) is 0.843. The molecule has 1 aromatic heterocycles. The van der Waals surface area contributed by atoms with E-state index in [-0.39, 0.29) is 0 Å². The summed E-state index contributed by atoms with van der Waals surface area (Å²) in [6.07, 6.45) is 1.03. The van der Waals surface area contributed by atoms with Gasteiger partial charge in [0.2, 0.25) is 0 Å². The third-order valence-corrected chi connectivity index (χ3v) is 3.67. The van der Waals surface area contributed by atoms with E-state index in [0.717, 1.165) is 22.9 Å². The van der Waals surface area contributed by atoms with Crippen LogP contribution in [0.5, 0.6) is 5.75 Å². The average Bonchev–Trinajstić information content (AvgIpc) is 2.77. The van der Waals surface area contributed by atoms with E-state index in [4.69, 9.17) is 10.00 Å². The van der Waals surface area contributed by atoms with Crippen molar-refractivity contribution in [1.29, 1.82) is 5.26 Å². The van der Waals surface area contributed by atoms with E-state index >= 15 is 0 Å². The van der Waals surface area contributed by atoms with Crippen molar-refractivity contribution < 1.29 is 4.74 Å². The number of nitriles is 1. The highest BCUT2D eigenvalue weighted by Crippen LogP contribution is 2.19. The molecule has 0 N–H and O–H groups in total. The number of thiazole rings is 1. The standard InChI is InChI=1S/C14H14N2OS/c1-3-11-4-6-12(7-5-11)17-9-14-16-10(2)13(8-15)18-14/h4-7H,3,9H2,1-2H3. The molecule has 0 aliphatic rings. The number of hydrogen-bond acceptors (Lipinski definition) is 4. The summed E-state index contributed by atoms with van der Waals surface area (Å²) in [5.74, 6) is 0.832. The summed E-state index contributed by atoms with van der Waals surface area (Å²) < 4.78 is 5.64. The molecule has 92 valence electrons. The molecule has 0 fully saturated rings. The van der Waals surface area contributed by atoms with Crippen molar-refractivity contribution in [3.63, 3.8) is 0 Å². The molecular weight excluding hydrogens is 244 g/mol. The van der Waals surface area contributed by atoms with E-state index < -0.39 is 0 Å². The van der Waals surface area contributed by atoms with E-state index in [1.807, 2.05) is 19.1 Å². The first-order valence-electron chi connectivity index (χ1n) is 5.81. The summed E-state index contributed by atoms with van der Waals surface area (Å²) in [7, 11) is 0. The minimum absolute atomic E-state index is 0.415. The molecular formula is C14H14N2OS. The third-order valence-electron chi connectivity index (χ3n) is 2.64. The number of aromatic nitrogens is 1. The predicted octanol–water partition coefficient (Wildman–Crippen LogP) is 3.46. The van der Waals surface area contributed by atoms with E-state index in [1.54, 1.807) is 0 Å². The SMILES string of the molecule is CCc1ccc(OCc2nc(C)c(C#N)s2)cc1. The summed E-state index contributed by atoms with van der Waals surface area (Å²) >= 11 is 1.39. The Morgan fingerprint density at radius 1 is 1.33 bits per heavy atom.